The molecule has 33 heavy (non-hydrogen) atoms. The highest BCUT2D eigenvalue weighted by molar-refractivity contribution is 9.10. The van der Waals surface area contributed by atoms with Crippen LogP contribution in [0.1, 0.15) is 56.1 Å². The molecular formula is C25H28BrN3O4. The Morgan fingerprint density at radius 3 is 2.58 bits per heavy atom. The Labute approximate surface area is 202 Å². The number of nitrogens with zero attached hydrogens (tertiary/aromatic N) is 1. The number of esters is 1. The fourth-order valence-corrected chi connectivity index (χ4v) is 4.17. The molecule has 1 unspecified atom stereocenters. The molecule has 0 spiro atoms. The van der Waals surface area contributed by atoms with Crippen LogP contribution >= 0.6 is 15.9 Å². The summed E-state index contributed by atoms with van der Waals surface area (Å²) in [5, 5.41) is 5.81. The third-order valence-corrected chi connectivity index (χ3v) is 5.89. The van der Waals surface area contributed by atoms with Crippen LogP contribution in [0.5, 0.6) is 0 Å². The number of anilines is 1. The molecule has 174 valence electrons. The van der Waals surface area contributed by atoms with Crippen molar-refractivity contribution in [2.24, 2.45) is 0 Å². The number of halogens is 1. The highest BCUT2D eigenvalue weighted by Gasteiger charge is 2.36. The van der Waals surface area contributed by atoms with E-state index in [1.165, 1.54) is 0 Å². The van der Waals surface area contributed by atoms with E-state index >= 15 is 0 Å². The monoisotopic (exact) mass is 513 g/mol. The number of carbonyl (C=O) groups excluding carboxylic acids is 3. The molecule has 1 aliphatic rings. The fourth-order valence-electron chi connectivity index (χ4n) is 3.71. The molecule has 0 fully saturated rings. The molecule has 0 aliphatic carbocycles. The summed E-state index contributed by atoms with van der Waals surface area (Å²) in [6.45, 7) is 7.79. The van der Waals surface area contributed by atoms with Crippen LogP contribution in [-0.2, 0) is 9.53 Å². The molecular weight excluding hydrogens is 486 g/mol. The molecule has 2 aromatic rings. The number of hydrogen-bond donors (Lipinski definition) is 2. The first-order valence-corrected chi connectivity index (χ1v) is 11.7. The lowest BCUT2D eigenvalue weighted by Gasteiger charge is -2.35. The summed E-state index contributed by atoms with van der Waals surface area (Å²) in [5.74, 6) is -0.746. The normalized spacial score (nSPS) is 16.0. The van der Waals surface area contributed by atoms with Crippen LogP contribution in [-0.4, -0.2) is 35.5 Å². The van der Waals surface area contributed by atoms with E-state index in [1.807, 2.05) is 19.1 Å². The van der Waals surface area contributed by atoms with E-state index in [2.05, 4.69) is 26.6 Å². The number of benzene rings is 2. The summed E-state index contributed by atoms with van der Waals surface area (Å²) in [5.41, 5.74) is 2.66. The summed E-state index contributed by atoms with van der Waals surface area (Å²) < 4.78 is 6.18. The van der Waals surface area contributed by atoms with Gasteiger partial charge in [0.05, 0.1) is 23.3 Å². The topological polar surface area (TPSA) is 87.7 Å². The van der Waals surface area contributed by atoms with Crippen LogP contribution in [0.3, 0.4) is 0 Å². The Kier molecular flexibility index (Phi) is 7.92. The first-order chi connectivity index (χ1) is 15.7. The Morgan fingerprint density at radius 2 is 1.91 bits per heavy atom. The SMILES string of the molecule is CCCN1C(=O)NC(c2cccc(NC(=O)c3ccccc3Br)c2)C(C(=O)OC(C)C)=C1C. The number of rotatable bonds is 7. The van der Waals surface area contributed by atoms with E-state index in [-0.39, 0.29) is 18.0 Å². The Balaban J connectivity index is 1.96. The summed E-state index contributed by atoms with van der Waals surface area (Å²) in [6.07, 6.45) is 0.448. The third-order valence-electron chi connectivity index (χ3n) is 5.20. The predicted molar refractivity (Wildman–Crippen MR) is 131 cm³/mol. The molecule has 0 saturated carbocycles. The summed E-state index contributed by atoms with van der Waals surface area (Å²) in [7, 11) is 0. The average Bonchev–Trinajstić information content (AvgIpc) is 2.76. The van der Waals surface area contributed by atoms with Crippen molar-refractivity contribution >= 4 is 39.5 Å². The number of carbonyl (C=O) groups is 3. The summed E-state index contributed by atoms with van der Waals surface area (Å²) >= 11 is 3.39. The first kappa shape index (κ1) is 24.5. The largest absolute Gasteiger partial charge is 0.459 e. The van der Waals surface area contributed by atoms with Gasteiger partial charge in [0.2, 0.25) is 0 Å². The molecule has 2 N–H and O–H groups in total. The number of hydrogen-bond acceptors (Lipinski definition) is 4. The van der Waals surface area contributed by atoms with Crippen molar-refractivity contribution in [1.29, 1.82) is 0 Å². The molecule has 3 amide bonds. The quantitative estimate of drug-likeness (QED) is 0.485. The zero-order chi connectivity index (χ0) is 24.1. The zero-order valence-electron chi connectivity index (χ0n) is 19.1. The zero-order valence-corrected chi connectivity index (χ0v) is 20.7. The lowest BCUT2D eigenvalue weighted by atomic mass is 9.94. The van der Waals surface area contributed by atoms with Gasteiger partial charge in [-0.3, -0.25) is 9.69 Å². The smallest absolute Gasteiger partial charge is 0.338 e. The maximum Gasteiger partial charge on any atom is 0.338 e. The highest BCUT2D eigenvalue weighted by atomic mass is 79.9. The van der Waals surface area contributed by atoms with E-state index in [1.54, 1.807) is 62.1 Å². The minimum absolute atomic E-state index is 0.271. The van der Waals surface area contributed by atoms with Crippen LogP contribution < -0.4 is 10.6 Å². The van der Waals surface area contributed by atoms with Crippen molar-refractivity contribution in [1.82, 2.24) is 10.2 Å². The van der Waals surface area contributed by atoms with E-state index < -0.39 is 12.0 Å². The standard InChI is InChI=1S/C25H28BrN3O4/c1-5-13-29-16(4)21(24(31)33-15(2)3)22(28-25(29)32)17-9-8-10-18(14-17)27-23(30)19-11-6-7-12-20(19)26/h6-12,14-15,22H,5,13H2,1-4H3,(H,27,30)(H,28,32). The van der Waals surface area contributed by atoms with Crippen molar-refractivity contribution in [3.05, 3.63) is 75.4 Å². The third kappa shape index (κ3) is 5.63. The van der Waals surface area contributed by atoms with E-state index in [0.29, 0.717) is 39.1 Å². The van der Waals surface area contributed by atoms with Crippen molar-refractivity contribution in [3.63, 3.8) is 0 Å². The lowest BCUT2D eigenvalue weighted by molar-refractivity contribution is -0.143. The number of nitrogens with one attached hydrogen (secondary N) is 2. The van der Waals surface area contributed by atoms with Crippen LogP contribution in [0.2, 0.25) is 0 Å². The first-order valence-electron chi connectivity index (χ1n) is 10.9. The number of amides is 3. The number of urea groups is 1. The van der Waals surface area contributed by atoms with E-state index in [0.717, 1.165) is 6.42 Å². The Morgan fingerprint density at radius 1 is 1.18 bits per heavy atom. The molecule has 0 radical (unpaired) electrons. The number of allylic oxidation sites excluding steroid dienone is 1. The summed E-state index contributed by atoms with van der Waals surface area (Å²) in [6, 6.07) is 13.3. The molecule has 1 atom stereocenters. The molecule has 1 heterocycles. The molecule has 0 bridgehead atoms. The van der Waals surface area contributed by atoms with Gasteiger partial charge in [0.15, 0.2) is 0 Å². The molecule has 0 aromatic heterocycles. The minimum atomic E-state index is -0.697. The summed E-state index contributed by atoms with van der Waals surface area (Å²) in [4.78, 5) is 40.1. The second kappa shape index (κ2) is 10.7. The molecule has 7 nitrogen and oxygen atoms in total. The van der Waals surface area contributed by atoms with Gasteiger partial charge < -0.3 is 15.4 Å². The van der Waals surface area contributed by atoms with Crippen molar-refractivity contribution in [3.8, 4) is 0 Å². The van der Waals surface area contributed by atoms with E-state index in [4.69, 9.17) is 4.74 Å². The maximum absolute atomic E-state index is 13.0. The van der Waals surface area contributed by atoms with Gasteiger partial charge >= 0.3 is 12.0 Å². The number of ether oxygens (including phenoxy) is 1. The highest BCUT2D eigenvalue weighted by Crippen LogP contribution is 2.33. The second-order valence-corrected chi connectivity index (χ2v) is 8.90. The van der Waals surface area contributed by atoms with Crippen molar-refractivity contribution in [2.45, 2.75) is 46.3 Å². The predicted octanol–water partition coefficient (Wildman–Crippen LogP) is 5.40. The van der Waals surface area contributed by atoms with Crippen LogP contribution in [0, 0.1) is 0 Å². The van der Waals surface area contributed by atoms with Crippen LogP contribution in [0.25, 0.3) is 0 Å². The maximum atomic E-state index is 13.0. The second-order valence-electron chi connectivity index (χ2n) is 8.05. The Hall–Kier alpha value is -3.13. The lowest BCUT2D eigenvalue weighted by Crippen LogP contribution is -2.48. The van der Waals surface area contributed by atoms with Crippen LogP contribution in [0.15, 0.2) is 64.3 Å². The molecule has 1 aliphatic heterocycles. The van der Waals surface area contributed by atoms with Gasteiger partial charge in [-0.2, -0.15) is 0 Å². The molecule has 2 aromatic carbocycles. The van der Waals surface area contributed by atoms with E-state index in [9.17, 15) is 14.4 Å². The fraction of sp³-hybridized carbons (Fsp3) is 0.320. The van der Waals surface area contributed by atoms with Gasteiger partial charge in [0.1, 0.15) is 0 Å². The van der Waals surface area contributed by atoms with Gasteiger partial charge in [-0.1, -0.05) is 31.2 Å². The van der Waals surface area contributed by atoms with Gasteiger partial charge in [-0.15, -0.1) is 0 Å². The molecule has 0 saturated heterocycles. The van der Waals surface area contributed by atoms with Gasteiger partial charge in [0, 0.05) is 22.4 Å². The molecule has 3 rings (SSSR count). The van der Waals surface area contributed by atoms with Crippen molar-refractivity contribution in [2.75, 3.05) is 11.9 Å². The Bertz CT molecular complexity index is 1100. The van der Waals surface area contributed by atoms with Gasteiger partial charge in [-0.25, -0.2) is 9.59 Å². The van der Waals surface area contributed by atoms with Gasteiger partial charge in [0.25, 0.3) is 5.91 Å². The minimum Gasteiger partial charge on any atom is -0.459 e. The average molecular weight is 514 g/mol. The molecule has 8 heteroatoms. The van der Waals surface area contributed by atoms with Crippen LogP contribution in [0.4, 0.5) is 10.5 Å². The van der Waals surface area contributed by atoms with Crippen molar-refractivity contribution < 1.29 is 19.1 Å². The van der Waals surface area contributed by atoms with Gasteiger partial charge in [-0.05, 0) is 73.0 Å².